The molecule has 1 aromatic heterocycles. The van der Waals surface area contributed by atoms with Crippen molar-refractivity contribution in [3.63, 3.8) is 0 Å². The lowest BCUT2D eigenvalue weighted by Gasteiger charge is -2.45. The Kier molecular flexibility index (Phi) is 6.88. The molecule has 0 radical (unpaired) electrons. The highest BCUT2D eigenvalue weighted by molar-refractivity contribution is 5.81. The first-order chi connectivity index (χ1) is 16.2. The average Bonchev–Trinajstić information content (AvgIpc) is 3.30. The maximum Gasteiger partial charge on any atom is 0.242 e. The van der Waals surface area contributed by atoms with Gasteiger partial charge in [0.25, 0.3) is 0 Å². The van der Waals surface area contributed by atoms with Crippen LogP contribution in [0.25, 0.3) is 0 Å². The zero-order valence-electron chi connectivity index (χ0n) is 19.2. The van der Waals surface area contributed by atoms with Gasteiger partial charge in [0.1, 0.15) is 0 Å². The number of hydrogen-bond donors (Lipinski definition) is 5. The number of rotatable bonds is 7. The Morgan fingerprint density at radius 1 is 1.06 bits per heavy atom. The summed E-state index contributed by atoms with van der Waals surface area (Å²) in [5, 5.41) is 15.3. The molecule has 1 amide bonds. The van der Waals surface area contributed by atoms with Crippen LogP contribution in [0.5, 0.6) is 0 Å². The SMILES string of the molecule is CCN1CCN(CCn2cc(NC3NC(c4ccccc4)NC4CNNC(=O)C43)cn2)CC1. The highest BCUT2D eigenvalue weighted by atomic mass is 16.2. The Hall–Kier alpha value is -2.50. The Morgan fingerprint density at radius 3 is 2.64 bits per heavy atom. The fourth-order valence-corrected chi connectivity index (χ4v) is 5.02. The van der Waals surface area contributed by atoms with Gasteiger partial charge in [-0.25, -0.2) is 5.43 Å². The molecule has 0 bridgehead atoms. The number of hydrazine groups is 1. The third-order valence-corrected chi connectivity index (χ3v) is 7.00. The second-order valence-corrected chi connectivity index (χ2v) is 9.07. The van der Waals surface area contributed by atoms with Gasteiger partial charge in [-0.05, 0) is 12.1 Å². The second kappa shape index (κ2) is 10.2. The smallest absolute Gasteiger partial charge is 0.242 e. The molecule has 0 saturated carbocycles. The molecule has 4 heterocycles. The first-order valence-electron chi connectivity index (χ1n) is 12.0. The van der Waals surface area contributed by atoms with Crippen LogP contribution < -0.4 is 26.8 Å². The van der Waals surface area contributed by atoms with Gasteiger partial charge in [-0.3, -0.25) is 30.4 Å². The van der Waals surface area contributed by atoms with Crippen molar-refractivity contribution >= 4 is 11.6 Å². The summed E-state index contributed by atoms with van der Waals surface area (Å²) in [5.41, 5.74) is 7.85. The van der Waals surface area contributed by atoms with E-state index < -0.39 is 0 Å². The van der Waals surface area contributed by atoms with E-state index in [4.69, 9.17) is 0 Å². The number of anilines is 1. The lowest BCUT2D eigenvalue weighted by Crippen LogP contribution is -2.71. The van der Waals surface area contributed by atoms with E-state index >= 15 is 0 Å². The van der Waals surface area contributed by atoms with E-state index in [-0.39, 0.29) is 30.2 Å². The van der Waals surface area contributed by atoms with E-state index in [9.17, 15) is 4.79 Å². The lowest BCUT2D eigenvalue weighted by atomic mass is 9.89. The van der Waals surface area contributed by atoms with Gasteiger partial charge in [-0.15, -0.1) is 0 Å². The Balaban J connectivity index is 1.22. The fraction of sp³-hybridized carbons (Fsp3) is 0.565. The maximum atomic E-state index is 12.7. The van der Waals surface area contributed by atoms with Crippen LogP contribution in [0, 0.1) is 5.92 Å². The van der Waals surface area contributed by atoms with E-state index in [1.165, 1.54) is 0 Å². The Bertz CT molecular complexity index is 912. The number of benzene rings is 1. The molecular weight excluding hydrogens is 418 g/mol. The molecule has 4 unspecified atom stereocenters. The zero-order valence-corrected chi connectivity index (χ0v) is 19.2. The van der Waals surface area contributed by atoms with Crippen molar-refractivity contribution in [1.29, 1.82) is 0 Å². The van der Waals surface area contributed by atoms with Gasteiger partial charge in [-0.2, -0.15) is 5.10 Å². The summed E-state index contributed by atoms with van der Waals surface area (Å²) in [6.07, 6.45) is 3.62. The average molecular weight is 454 g/mol. The molecule has 33 heavy (non-hydrogen) atoms. The summed E-state index contributed by atoms with van der Waals surface area (Å²) in [6, 6.07) is 10.3. The Morgan fingerprint density at radius 2 is 1.85 bits per heavy atom. The molecule has 2 aromatic rings. The normalized spacial score (nSPS) is 28.8. The fourth-order valence-electron chi connectivity index (χ4n) is 5.02. The third kappa shape index (κ3) is 5.20. The third-order valence-electron chi connectivity index (χ3n) is 7.00. The first-order valence-corrected chi connectivity index (χ1v) is 12.0. The first kappa shape index (κ1) is 22.3. The van der Waals surface area contributed by atoms with Crippen molar-refractivity contribution < 1.29 is 4.79 Å². The maximum absolute atomic E-state index is 12.7. The number of amides is 1. The van der Waals surface area contributed by atoms with Crippen LogP contribution in [0.1, 0.15) is 18.7 Å². The molecule has 0 aliphatic carbocycles. The molecule has 1 aromatic carbocycles. The van der Waals surface area contributed by atoms with Crippen LogP contribution in [0.4, 0.5) is 5.69 Å². The monoisotopic (exact) mass is 453 g/mol. The van der Waals surface area contributed by atoms with E-state index in [0.29, 0.717) is 6.54 Å². The number of carbonyl (C=O) groups excluding carboxylic acids is 1. The minimum atomic E-state index is -0.246. The number of piperazine rings is 1. The van der Waals surface area contributed by atoms with E-state index in [2.05, 4.69) is 60.8 Å². The number of hydrogen-bond acceptors (Lipinski definition) is 8. The van der Waals surface area contributed by atoms with Gasteiger partial charge in [0.15, 0.2) is 0 Å². The molecule has 10 heteroatoms. The highest BCUT2D eigenvalue weighted by Gasteiger charge is 2.44. The quantitative estimate of drug-likeness (QED) is 0.392. The minimum absolute atomic E-state index is 0.0135. The summed E-state index contributed by atoms with van der Waals surface area (Å²) in [5.74, 6) is -0.265. The van der Waals surface area contributed by atoms with Crippen LogP contribution >= 0.6 is 0 Å². The Labute approximate surface area is 195 Å². The van der Waals surface area contributed by atoms with Gasteiger partial charge in [0, 0.05) is 51.5 Å². The van der Waals surface area contributed by atoms with E-state index in [1.807, 2.05) is 35.3 Å². The van der Waals surface area contributed by atoms with Crippen molar-refractivity contribution in [2.24, 2.45) is 5.92 Å². The van der Waals surface area contributed by atoms with Crippen molar-refractivity contribution in [2.75, 3.05) is 51.1 Å². The molecule has 5 N–H and O–H groups in total. The summed E-state index contributed by atoms with van der Waals surface area (Å²) in [6.45, 7) is 10.4. The summed E-state index contributed by atoms with van der Waals surface area (Å²) < 4.78 is 1.99. The largest absolute Gasteiger partial charge is 0.366 e. The van der Waals surface area contributed by atoms with Crippen LogP contribution in [0.3, 0.4) is 0 Å². The standard InChI is InChI=1S/C23H35N9O/c1-2-30-8-10-31(11-9-30)12-13-32-16-18(14-25-32)26-22-20-19(15-24-29-23(20)33)27-21(28-22)17-6-4-3-5-7-17/h3-7,14,16,19-22,24,26-28H,2,8-13,15H2,1H3,(H,29,33). The van der Waals surface area contributed by atoms with Gasteiger partial charge >= 0.3 is 0 Å². The van der Waals surface area contributed by atoms with Gasteiger partial charge in [0.2, 0.25) is 5.91 Å². The van der Waals surface area contributed by atoms with Crippen molar-refractivity contribution in [2.45, 2.75) is 31.8 Å². The van der Waals surface area contributed by atoms with Crippen molar-refractivity contribution in [3.8, 4) is 0 Å². The molecule has 178 valence electrons. The van der Waals surface area contributed by atoms with Crippen LogP contribution in [0.15, 0.2) is 42.7 Å². The van der Waals surface area contributed by atoms with Crippen molar-refractivity contribution in [3.05, 3.63) is 48.3 Å². The number of fused-ring (bicyclic) bond motifs is 1. The lowest BCUT2D eigenvalue weighted by molar-refractivity contribution is -0.131. The minimum Gasteiger partial charge on any atom is -0.366 e. The van der Waals surface area contributed by atoms with Crippen LogP contribution in [-0.4, -0.2) is 83.5 Å². The number of likely N-dealkylation sites (N-methyl/N-ethyl adjacent to an activating group) is 1. The van der Waals surface area contributed by atoms with Crippen molar-refractivity contribution in [1.82, 2.24) is 41.1 Å². The molecule has 0 spiro atoms. The summed E-state index contributed by atoms with van der Waals surface area (Å²) >= 11 is 0. The van der Waals surface area contributed by atoms with Gasteiger partial charge in [0.05, 0.1) is 36.7 Å². The van der Waals surface area contributed by atoms with E-state index in [0.717, 1.165) is 57.1 Å². The molecule has 3 aliphatic heterocycles. The molecule has 5 rings (SSSR count). The van der Waals surface area contributed by atoms with Crippen LogP contribution in [0.2, 0.25) is 0 Å². The molecule has 3 aliphatic rings. The predicted molar refractivity (Wildman–Crippen MR) is 127 cm³/mol. The molecule has 3 saturated heterocycles. The topological polar surface area (TPSA) is 102 Å². The number of carbonyl (C=O) groups is 1. The van der Waals surface area contributed by atoms with Gasteiger partial charge in [-0.1, -0.05) is 37.3 Å². The zero-order chi connectivity index (χ0) is 22.6. The molecule has 3 fully saturated rings. The van der Waals surface area contributed by atoms with Gasteiger partial charge < -0.3 is 10.2 Å². The number of aromatic nitrogens is 2. The molecule has 10 nitrogen and oxygen atoms in total. The summed E-state index contributed by atoms with van der Waals surface area (Å²) in [7, 11) is 0. The number of nitrogens with one attached hydrogen (secondary N) is 5. The predicted octanol–water partition coefficient (Wildman–Crippen LogP) is -0.231. The van der Waals surface area contributed by atoms with Crippen LogP contribution in [-0.2, 0) is 11.3 Å². The second-order valence-electron chi connectivity index (χ2n) is 9.07. The van der Waals surface area contributed by atoms with E-state index in [1.54, 1.807) is 0 Å². The molecular formula is C23H35N9O. The highest BCUT2D eigenvalue weighted by Crippen LogP contribution is 2.25. The summed E-state index contributed by atoms with van der Waals surface area (Å²) in [4.78, 5) is 17.7. The number of nitrogens with zero attached hydrogens (tertiary/aromatic N) is 4. The molecule has 4 atom stereocenters.